The molecule has 0 spiro atoms. The largest absolute Gasteiger partial charge is 0.497 e. The van der Waals surface area contributed by atoms with Gasteiger partial charge < -0.3 is 14.4 Å². The van der Waals surface area contributed by atoms with E-state index in [1.54, 1.807) is 7.11 Å². The Morgan fingerprint density at radius 3 is 3.00 bits per heavy atom. The maximum absolute atomic E-state index is 13.3. The lowest BCUT2D eigenvalue weighted by Gasteiger charge is -2.35. The molecule has 3 heterocycles. The minimum atomic E-state index is 0.0346. The lowest BCUT2D eigenvalue weighted by atomic mass is 10.1. The van der Waals surface area contributed by atoms with Crippen molar-refractivity contribution in [3.8, 4) is 17.0 Å². The fraction of sp³-hybridized carbons (Fsp3) is 0.524. The number of ether oxygens (including phenoxy) is 2. The number of benzene rings is 1. The molecule has 29 heavy (non-hydrogen) atoms. The van der Waals surface area contributed by atoms with Gasteiger partial charge in [-0.2, -0.15) is 16.9 Å². The predicted octanol–water partition coefficient (Wildman–Crippen LogP) is 2.37. The highest BCUT2D eigenvalue weighted by Crippen LogP contribution is 2.24. The number of rotatable bonds is 5. The lowest BCUT2D eigenvalue weighted by molar-refractivity contribution is 0.0244. The monoisotopic (exact) mass is 416 g/mol. The lowest BCUT2D eigenvalue weighted by Crippen LogP contribution is -2.50. The average molecular weight is 417 g/mol. The number of nitrogens with zero attached hydrogens (tertiary/aromatic N) is 3. The van der Waals surface area contributed by atoms with Crippen molar-refractivity contribution in [3.63, 3.8) is 0 Å². The first-order chi connectivity index (χ1) is 14.2. The molecule has 0 bridgehead atoms. The fourth-order valence-corrected chi connectivity index (χ4v) is 4.90. The van der Waals surface area contributed by atoms with Gasteiger partial charge in [0.25, 0.3) is 5.91 Å². The molecule has 2 aliphatic heterocycles. The summed E-state index contributed by atoms with van der Waals surface area (Å²) >= 11 is 1.94. The Labute approximate surface area is 175 Å². The summed E-state index contributed by atoms with van der Waals surface area (Å²) in [6.07, 6.45) is 1.02. The number of aromatic amines is 1. The number of hydrogen-bond acceptors (Lipinski definition) is 6. The fourth-order valence-electron chi connectivity index (χ4n) is 3.85. The van der Waals surface area contributed by atoms with Crippen molar-refractivity contribution in [2.75, 3.05) is 58.0 Å². The Morgan fingerprint density at radius 1 is 1.31 bits per heavy atom. The van der Waals surface area contributed by atoms with Crippen LogP contribution in [0.15, 0.2) is 30.3 Å². The Bertz CT molecular complexity index is 822. The van der Waals surface area contributed by atoms with Gasteiger partial charge in [0.15, 0.2) is 0 Å². The predicted molar refractivity (Wildman–Crippen MR) is 115 cm³/mol. The first-order valence-electron chi connectivity index (χ1n) is 10.1. The zero-order valence-electron chi connectivity index (χ0n) is 16.8. The van der Waals surface area contributed by atoms with Gasteiger partial charge in [-0.25, -0.2) is 0 Å². The molecule has 4 rings (SSSR count). The van der Waals surface area contributed by atoms with E-state index >= 15 is 0 Å². The summed E-state index contributed by atoms with van der Waals surface area (Å²) in [5, 5.41) is 7.34. The van der Waals surface area contributed by atoms with Crippen molar-refractivity contribution in [1.29, 1.82) is 0 Å². The van der Waals surface area contributed by atoms with Gasteiger partial charge in [-0.15, -0.1) is 0 Å². The number of nitrogens with one attached hydrogen (secondary N) is 1. The molecule has 1 atom stereocenters. The maximum Gasteiger partial charge on any atom is 0.272 e. The van der Waals surface area contributed by atoms with Gasteiger partial charge in [-0.05, 0) is 30.4 Å². The van der Waals surface area contributed by atoms with Crippen LogP contribution in [0.1, 0.15) is 16.9 Å². The normalized spacial score (nSPS) is 21.0. The molecule has 2 saturated heterocycles. The molecule has 2 fully saturated rings. The zero-order chi connectivity index (χ0) is 20.1. The quantitative estimate of drug-likeness (QED) is 0.807. The molecule has 0 radical (unpaired) electrons. The smallest absolute Gasteiger partial charge is 0.272 e. The minimum absolute atomic E-state index is 0.0346. The van der Waals surface area contributed by atoms with E-state index in [4.69, 9.17) is 9.47 Å². The number of methoxy groups -OCH3 is 1. The van der Waals surface area contributed by atoms with Crippen LogP contribution in [0.4, 0.5) is 0 Å². The second-order valence-electron chi connectivity index (χ2n) is 7.39. The average Bonchev–Trinajstić information content (AvgIpc) is 3.15. The third-order valence-corrected chi connectivity index (χ3v) is 6.64. The molecule has 1 aromatic carbocycles. The molecule has 1 N–H and O–H groups in total. The molecule has 156 valence electrons. The van der Waals surface area contributed by atoms with Crippen LogP contribution in [0.5, 0.6) is 5.75 Å². The highest BCUT2D eigenvalue weighted by molar-refractivity contribution is 7.99. The molecule has 0 aliphatic carbocycles. The number of amides is 1. The number of carbonyl (C=O) groups is 1. The highest BCUT2D eigenvalue weighted by Gasteiger charge is 2.29. The number of aromatic nitrogens is 2. The standard InChI is InChI=1S/C21H28N4O3S/c1-27-18-5-2-4-16(12-18)19-13-20(23-22-19)21(26)25-6-3-11-29-15-17(25)14-24-7-9-28-10-8-24/h2,4-5,12-13,17H,3,6-11,14-15H2,1H3,(H,22,23). The molecule has 2 aliphatic rings. The van der Waals surface area contributed by atoms with E-state index in [9.17, 15) is 4.79 Å². The first kappa shape index (κ1) is 20.3. The summed E-state index contributed by atoms with van der Waals surface area (Å²) in [4.78, 5) is 17.8. The third kappa shape index (κ3) is 4.94. The SMILES string of the molecule is COc1cccc(-c2cc(C(=O)N3CCCSCC3CN3CCOCC3)[nH]n2)c1. The van der Waals surface area contributed by atoms with Crippen molar-refractivity contribution in [2.45, 2.75) is 12.5 Å². The van der Waals surface area contributed by atoms with Crippen molar-refractivity contribution in [2.24, 2.45) is 0 Å². The molecular weight excluding hydrogens is 388 g/mol. The van der Waals surface area contributed by atoms with Gasteiger partial charge in [0.2, 0.25) is 0 Å². The van der Waals surface area contributed by atoms with Gasteiger partial charge in [0, 0.05) is 37.5 Å². The van der Waals surface area contributed by atoms with Crippen molar-refractivity contribution in [1.82, 2.24) is 20.0 Å². The van der Waals surface area contributed by atoms with Crippen LogP contribution < -0.4 is 4.74 Å². The molecule has 8 heteroatoms. The number of thioether (sulfide) groups is 1. The molecule has 1 aromatic heterocycles. The highest BCUT2D eigenvalue weighted by atomic mass is 32.2. The van der Waals surface area contributed by atoms with Crippen LogP contribution >= 0.6 is 11.8 Å². The van der Waals surface area contributed by atoms with Crippen LogP contribution in [0.25, 0.3) is 11.3 Å². The number of hydrogen-bond donors (Lipinski definition) is 1. The summed E-state index contributed by atoms with van der Waals surface area (Å²) in [7, 11) is 1.64. The van der Waals surface area contributed by atoms with Crippen LogP contribution in [-0.4, -0.2) is 90.0 Å². The molecule has 1 unspecified atom stereocenters. The maximum atomic E-state index is 13.3. The second-order valence-corrected chi connectivity index (χ2v) is 8.54. The molecule has 7 nitrogen and oxygen atoms in total. The van der Waals surface area contributed by atoms with E-state index in [0.29, 0.717) is 5.69 Å². The van der Waals surface area contributed by atoms with E-state index in [1.807, 2.05) is 47.0 Å². The Morgan fingerprint density at radius 2 is 2.17 bits per heavy atom. The van der Waals surface area contributed by atoms with Gasteiger partial charge in [0.05, 0.1) is 32.1 Å². The minimum Gasteiger partial charge on any atom is -0.497 e. The van der Waals surface area contributed by atoms with Gasteiger partial charge in [-0.3, -0.25) is 14.8 Å². The van der Waals surface area contributed by atoms with Crippen LogP contribution in [0.2, 0.25) is 0 Å². The molecule has 1 amide bonds. The molecule has 0 saturated carbocycles. The van der Waals surface area contributed by atoms with E-state index in [1.165, 1.54) is 0 Å². The third-order valence-electron chi connectivity index (χ3n) is 5.45. The number of morpholine rings is 1. The number of H-pyrrole nitrogens is 1. The Balaban J connectivity index is 1.50. The summed E-state index contributed by atoms with van der Waals surface area (Å²) in [5.74, 6) is 2.88. The molecular formula is C21H28N4O3S. The van der Waals surface area contributed by atoms with Crippen LogP contribution in [0, 0.1) is 0 Å². The van der Waals surface area contributed by atoms with E-state index < -0.39 is 0 Å². The summed E-state index contributed by atoms with van der Waals surface area (Å²) in [6.45, 7) is 5.12. The number of carbonyl (C=O) groups excluding carboxylic acids is 1. The van der Waals surface area contributed by atoms with Gasteiger partial charge in [-0.1, -0.05) is 12.1 Å². The van der Waals surface area contributed by atoms with Gasteiger partial charge in [0.1, 0.15) is 11.4 Å². The van der Waals surface area contributed by atoms with E-state index in [-0.39, 0.29) is 11.9 Å². The Kier molecular flexibility index (Phi) is 6.74. The Hall–Kier alpha value is -2.03. The summed E-state index contributed by atoms with van der Waals surface area (Å²) in [5.41, 5.74) is 2.22. The summed E-state index contributed by atoms with van der Waals surface area (Å²) in [6, 6.07) is 9.77. The van der Waals surface area contributed by atoms with Gasteiger partial charge >= 0.3 is 0 Å². The van der Waals surface area contributed by atoms with E-state index in [0.717, 1.165) is 74.3 Å². The van der Waals surface area contributed by atoms with Crippen molar-refractivity contribution < 1.29 is 14.3 Å². The second kappa shape index (κ2) is 9.65. The van der Waals surface area contributed by atoms with Crippen LogP contribution in [-0.2, 0) is 4.74 Å². The topological polar surface area (TPSA) is 70.7 Å². The van der Waals surface area contributed by atoms with E-state index in [2.05, 4.69) is 15.1 Å². The van der Waals surface area contributed by atoms with Crippen molar-refractivity contribution in [3.05, 3.63) is 36.0 Å². The summed E-state index contributed by atoms with van der Waals surface area (Å²) < 4.78 is 10.8. The zero-order valence-corrected chi connectivity index (χ0v) is 17.6. The first-order valence-corrected chi connectivity index (χ1v) is 11.3. The molecule has 2 aromatic rings. The van der Waals surface area contributed by atoms with Crippen LogP contribution in [0.3, 0.4) is 0 Å². The van der Waals surface area contributed by atoms with Crippen molar-refractivity contribution >= 4 is 17.7 Å².